The van der Waals surface area contributed by atoms with Crippen LogP contribution in [0.4, 0.5) is 15.8 Å². The maximum Gasteiger partial charge on any atom is 0.229 e. The van der Waals surface area contributed by atoms with Crippen LogP contribution < -0.4 is 16.0 Å². The number of nitrogens with two attached hydrogens (primary N) is 1. The molecule has 0 spiro atoms. The van der Waals surface area contributed by atoms with E-state index in [9.17, 15) is 9.18 Å². The molecule has 0 bridgehead atoms. The highest BCUT2D eigenvalue weighted by Gasteiger charge is 2.30. The number of amides is 1. The Labute approximate surface area is 124 Å². The molecule has 5 heteroatoms. The molecule has 3 rings (SSSR count). The minimum atomic E-state index is -0.273. The zero-order valence-electron chi connectivity index (χ0n) is 12.1. The average molecular weight is 291 g/mol. The van der Waals surface area contributed by atoms with Gasteiger partial charge in [-0.15, -0.1) is 0 Å². The Morgan fingerprint density at radius 2 is 2.00 bits per heavy atom. The van der Waals surface area contributed by atoms with Crippen LogP contribution in [0.1, 0.15) is 32.1 Å². The van der Waals surface area contributed by atoms with Crippen LogP contribution in [0.5, 0.6) is 0 Å². The van der Waals surface area contributed by atoms with Crippen molar-refractivity contribution >= 4 is 17.3 Å². The smallest absolute Gasteiger partial charge is 0.229 e. The summed E-state index contributed by atoms with van der Waals surface area (Å²) in [6.45, 7) is 1.80. The van der Waals surface area contributed by atoms with E-state index in [0.717, 1.165) is 45.2 Å². The van der Waals surface area contributed by atoms with E-state index in [1.807, 2.05) is 4.90 Å². The Morgan fingerprint density at radius 1 is 1.24 bits per heavy atom. The quantitative estimate of drug-likeness (QED) is 0.899. The zero-order chi connectivity index (χ0) is 14.8. The summed E-state index contributed by atoms with van der Waals surface area (Å²) >= 11 is 0. The lowest BCUT2D eigenvalue weighted by Crippen LogP contribution is -2.34. The molecular weight excluding hydrogens is 269 g/mol. The summed E-state index contributed by atoms with van der Waals surface area (Å²) < 4.78 is 14.2. The Kier molecular flexibility index (Phi) is 4.10. The van der Waals surface area contributed by atoms with Gasteiger partial charge in [-0.1, -0.05) is 6.42 Å². The van der Waals surface area contributed by atoms with Crippen LogP contribution in [0.3, 0.4) is 0 Å². The first-order valence-electron chi connectivity index (χ1n) is 7.76. The summed E-state index contributed by atoms with van der Waals surface area (Å²) in [5, 5.41) is 2.80. The molecule has 1 saturated carbocycles. The van der Waals surface area contributed by atoms with Crippen molar-refractivity contribution < 1.29 is 9.18 Å². The van der Waals surface area contributed by atoms with E-state index in [1.165, 1.54) is 6.07 Å². The topological polar surface area (TPSA) is 58.4 Å². The molecule has 2 aliphatic rings. The summed E-state index contributed by atoms with van der Waals surface area (Å²) in [5.74, 6) is -0.509. The molecule has 114 valence electrons. The number of nitrogens with one attached hydrogen (secondary N) is 1. The summed E-state index contributed by atoms with van der Waals surface area (Å²) in [6, 6.07) is 4.87. The maximum absolute atomic E-state index is 14.2. The molecular formula is C16H22FN3O. The van der Waals surface area contributed by atoms with E-state index in [1.54, 1.807) is 12.1 Å². The van der Waals surface area contributed by atoms with Crippen LogP contribution in [0.2, 0.25) is 0 Å². The second kappa shape index (κ2) is 6.02. The van der Waals surface area contributed by atoms with Crippen molar-refractivity contribution in [2.24, 2.45) is 11.7 Å². The van der Waals surface area contributed by atoms with E-state index in [4.69, 9.17) is 5.73 Å². The van der Waals surface area contributed by atoms with Gasteiger partial charge in [0.2, 0.25) is 5.91 Å². The average Bonchev–Trinajstić information content (AvgIpc) is 3.10. The zero-order valence-corrected chi connectivity index (χ0v) is 12.1. The van der Waals surface area contributed by atoms with Crippen molar-refractivity contribution in [1.29, 1.82) is 0 Å². The van der Waals surface area contributed by atoms with Crippen molar-refractivity contribution in [2.45, 2.75) is 38.1 Å². The first kappa shape index (κ1) is 14.3. The number of rotatable bonds is 3. The molecule has 0 radical (unpaired) electrons. The molecule has 2 atom stereocenters. The van der Waals surface area contributed by atoms with Crippen LogP contribution in [-0.4, -0.2) is 25.0 Å². The standard InChI is InChI=1S/C16H22FN3O/c17-13-10-11(6-7-15(13)20-8-1-2-9-20)19-16(21)12-4-3-5-14(12)18/h6-7,10,12,14H,1-5,8-9,18H2,(H,19,21). The molecule has 2 fully saturated rings. The molecule has 21 heavy (non-hydrogen) atoms. The maximum atomic E-state index is 14.2. The Balaban J connectivity index is 1.68. The Morgan fingerprint density at radius 3 is 2.62 bits per heavy atom. The lowest BCUT2D eigenvalue weighted by Gasteiger charge is -2.19. The number of halogens is 1. The van der Waals surface area contributed by atoms with Gasteiger partial charge in [-0.2, -0.15) is 0 Å². The number of carbonyl (C=O) groups is 1. The predicted molar refractivity (Wildman–Crippen MR) is 81.8 cm³/mol. The molecule has 1 aromatic carbocycles. The van der Waals surface area contributed by atoms with Crippen molar-refractivity contribution in [3.8, 4) is 0 Å². The highest BCUT2D eigenvalue weighted by molar-refractivity contribution is 5.93. The normalized spacial score (nSPS) is 25.3. The van der Waals surface area contributed by atoms with Crippen molar-refractivity contribution in [3.05, 3.63) is 24.0 Å². The predicted octanol–water partition coefficient (Wildman–Crippen LogP) is 2.49. The van der Waals surface area contributed by atoms with Gasteiger partial charge in [0.1, 0.15) is 5.82 Å². The summed E-state index contributed by atoms with van der Waals surface area (Å²) in [5.41, 5.74) is 7.07. The molecule has 0 aromatic heterocycles. The molecule has 3 N–H and O–H groups in total. The largest absolute Gasteiger partial charge is 0.369 e. The van der Waals surface area contributed by atoms with E-state index in [-0.39, 0.29) is 23.7 Å². The molecule has 1 saturated heterocycles. The van der Waals surface area contributed by atoms with Crippen LogP contribution in [0.15, 0.2) is 18.2 Å². The summed E-state index contributed by atoms with van der Waals surface area (Å²) in [4.78, 5) is 14.2. The van der Waals surface area contributed by atoms with Crippen LogP contribution in [0.25, 0.3) is 0 Å². The minimum Gasteiger partial charge on any atom is -0.369 e. The van der Waals surface area contributed by atoms with E-state index >= 15 is 0 Å². The van der Waals surface area contributed by atoms with E-state index in [2.05, 4.69) is 5.32 Å². The van der Waals surface area contributed by atoms with Crippen molar-refractivity contribution in [2.75, 3.05) is 23.3 Å². The van der Waals surface area contributed by atoms with Crippen LogP contribution in [0, 0.1) is 11.7 Å². The minimum absolute atomic E-state index is 0.0706. The van der Waals surface area contributed by atoms with Gasteiger partial charge in [0.15, 0.2) is 0 Å². The number of carbonyl (C=O) groups excluding carboxylic acids is 1. The Hall–Kier alpha value is -1.62. The van der Waals surface area contributed by atoms with Crippen molar-refractivity contribution in [1.82, 2.24) is 0 Å². The number of nitrogens with zero attached hydrogens (tertiary/aromatic N) is 1. The highest BCUT2D eigenvalue weighted by atomic mass is 19.1. The van der Waals surface area contributed by atoms with Gasteiger partial charge in [-0.3, -0.25) is 4.79 Å². The van der Waals surface area contributed by atoms with Crippen molar-refractivity contribution in [3.63, 3.8) is 0 Å². The van der Waals surface area contributed by atoms with Crippen LogP contribution >= 0.6 is 0 Å². The van der Waals surface area contributed by atoms with Gasteiger partial charge in [0.25, 0.3) is 0 Å². The third-order valence-corrected chi connectivity index (χ3v) is 4.57. The highest BCUT2D eigenvalue weighted by Crippen LogP contribution is 2.28. The first-order chi connectivity index (χ1) is 10.1. The van der Waals surface area contributed by atoms with Crippen LogP contribution in [-0.2, 0) is 4.79 Å². The second-order valence-electron chi connectivity index (χ2n) is 6.05. The summed E-state index contributed by atoms with van der Waals surface area (Å²) in [7, 11) is 0. The first-order valence-corrected chi connectivity index (χ1v) is 7.76. The molecule has 1 aliphatic carbocycles. The number of hydrogen-bond donors (Lipinski definition) is 2. The monoisotopic (exact) mass is 291 g/mol. The number of anilines is 2. The van der Waals surface area contributed by atoms with Gasteiger partial charge in [-0.05, 0) is 43.9 Å². The fourth-order valence-corrected chi connectivity index (χ4v) is 3.35. The van der Waals surface area contributed by atoms with Gasteiger partial charge >= 0.3 is 0 Å². The molecule has 1 aliphatic heterocycles. The third-order valence-electron chi connectivity index (χ3n) is 4.57. The SMILES string of the molecule is NC1CCCC1C(=O)Nc1ccc(N2CCCC2)c(F)c1. The molecule has 1 amide bonds. The third kappa shape index (κ3) is 3.02. The second-order valence-corrected chi connectivity index (χ2v) is 6.05. The fraction of sp³-hybridized carbons (Fsp3) is 0.562. The van der Waals surface area contributed by atoms with Gasteiger partial charge in [-0.25, -0.2) is 4.39 Å². The fourth-order valence-electron chi connectivity index (χ4n) is 3.35. The number of hydrogen-bond acceptors (Lipinski definition) is 3. The lowest BCUT2D eigenvalue weighted by atomic mass is 10.0. The van der Waals surface area contributed by atoms with Gasteiger partial charge in [0.05, 0.1) is 11.6 Å². The molecule has 4 nitrogen and oxygen atoms in total. The van der Waals surface area contributed by atoms with E-state index in [0.29, 0.717) is 11.4 Å². The lowest BCUT2D eigenvalue weighted by molar-refractivity contribution is -0.120. The van der Waals surface area contributed by atoms with Gasteiger partial charge in [0, 0.05) is 24.8 Å². The molecule has 1 heterocycles. The summed E-state index contributed by atoms with van der Waals surface area (Å²) in [6.07, 6.45) is 4.91. The molecule has 1 aromatic rings. The Bertz CT molecular complexity index is 528. The van der Waals surface area contributed by atoms with E-state index < -0.39 is 0 Å². The van der Waals surface area contributed by atoms with Gasteiger partial charge < -0.3 is 16.0 Å². The number of benzene rings is 1. The molecule has 2 unspecified atom stereocenters.